The standard InChI is InChI=1S/C17H21F2N3O2/c1-9(2)12-7-13(10(3)5-15(12)23)20-16(24)8-22-11(4)6-14(21-22)17(18)19/h5-7,9,17,23H,8H2,1-4H3,(H,20,24). The lowest BCUT2D eigenvalue weighted by atomic mass is 9.99. The number of alkyl halides is 2. The molecule has 2 rings (SSSR count). The number of carbonyl (C=O) groups is 1. The number of hydrogen-bond acceptors (Lipinski definition) is 3. The summed E-state index contributed by atoms with van der Waals surface area (Å²) in [6, 6.07) is 4.59. The van der Waals surface area contributed by atoms with E-state index in [1.54, 1.807) is 26.0 Å². The van der Waals surface area contributed by atoms with Gasteiger partial charge in [-0.25, -0.2) is 8.78 Å². The highest BCUT2D eigenvalue weighted by molar-refractivity contribution is 5.91. The van der Waals surface area contributed by atoms with Crippen molar-refractivity contribution in [2.24, 2.45) is 0 Å². The first-order chi connectivity index (χ1) is 11.2. The Hall–Kier alpha value is -2.44. The van der Waals surface area contributed by atoms with Gasteiger partial charge < -0.3 is 10.4 Å². The number of aryl methyl sites for hydroxylation is 2. The molecule has 2 N–H and O–H groups in total. The summed E-state index contributed by atoms with van der Waals surface area (Å²) in [6.45, 7) is 7.11. The number of amides is 1. The quantitative estimate of drug-likeness (QED) is 0.813. The fraction of sp³-hybridized carbons (Fsp3) is 0.412. The second-order valence-electron chi connectivity index (χ2n) is 6.10. The molecule has 2 aromatic rings. The van der Waals surface area contributed by atoms with Gasteiger partial charge in [0.15, 0.2) is 0 Å². The molecule has 7 heteroatoms. The molecular formula is C17H21F2N3O2. The summed E-state index contributed by atoms with van der Waals surface area (Å²) in [4.78, 5) is 12.2. The lowest BCUT2D eigenvalue weighted by Gasteiger charge is -2.14. The Kier molecular flexibility index (Phi) is 5.21. The summed E-state index contributed by atoms with van der Waals surface area (Å²) in [5.74, 6) is -0.0845. The van der Waals surface area contributed by atoms with Crippen LogP contribution in [0.3, 0.4) is 0 Å². The first kappa shape index (κ1) is 17.9. The number of anilines is 1. The van der Waals surface area contributed by atoms with E-state index in [9.17, 15) is 18.7 Å². The summed E-state index contributed by atoms with van der Waals surface area (Å²) in [7, 11) is 0. The third-order valence-corrected chi connectivity index (χ3v) is 3.79. The highest BCUT2D eigenvalue weighted by Gasteiger charge is 2.16. The zero-order chi connectivity index (χ0) is 18.0. The van der Waals surface area contributed by atoms with Gasteiger partial charge in [-0.15, -0.1) is 0 Å². The van der Waals surface area contributed by atoms with Crippen LogP contribution in [0.1, 0.15) is 48.7 Å². The average Bonchev–Trinajstić information content (AvgIpc) is 2.83. The monoisotopic (exact) mass is 337 g/mol. The Morgan fingerprint density at radius 3 is 2.50 bits per heavy atom. The van der Waals surface area contributed by atoms with Crippen molar-refractivity contribution in [3.05, 3.63) is 40.7 Å². The van der Waals surface area contributed by atoms with Crippen LogP contribution in [0.15, 0.2) is 18.2 Å². The summed E-state index contributed by atoms with van der Waals surface area (Å²) in [5, 5.41) is 16.4. The van der Waals surface area contributed by atoms with E-state index in [1.165, 1.54) is 10.7 Å². The van der Waals surface area contributed by atoms with E-state index in [-0.39, 0.29) is 29.8 Å². The minimum atomic E-state index is -2.67. The lowest BCUT2D eigenvalue weighted by molar-refractivity contribution is -0.117. The fourth-order valence-corrected chi connectivity index (χ4v) is 2.43. The third kappa shape index (κ3) is 3.90. The minimum absolute atomic E-state index is 0.100. The Labute approximate surface area is 139 Å². The van der Waals surface area contributed by atoms with E-state index in [4.69, 9.17) is 0 Å². The van der Waals surface area contributed by atoms with Gasteiger partial charge in [0.05, 0.1) is 0 Å². The van der Waals surface area contributed by atoms with Crippen molar-refractivity contribution in [1.29, 1.82) is 0 Å². The first-order valence-corrected chi connectivity index (χ1v) is 7.65. The number of halogens is 2. The van der Waals surface area contributed by atoms with Gasteiger partial charge in [0.25, 0.3) is 6.43 Å². The Morgan fingerprint density at radius 1 is 1.29 bits per heavy atom. The van der Waals surface area contributed by atoms with Gasteiger partial charge in [0, 0.05) is 11.4 Å². The molecule has 0 aliphatic heterocycles. The molecule has 0 saturated carbocycles. The number of phenols is 1. The van der Waals surface area contributed by atoms with Crippen LogP contribution in [0.2, 0.25) is 0 Å². The van der Waals surface area contributed by atoms with E-state index in [0.717, 1.165) is 11.1 Å². The molecule has 1 aromatic heterocycles. The minimum Gasteiger partial charge on any atom is -0.508 e. The lowest BCUT2D eigenvalue weighted by Crippen LogP contribution is -2.21. The Balaban J connectivity index is 2.17. The average molecular weight is 337 g/mol. The molecule has 130 valence electrons. The Morgan fingerprint density at radius 2 is 1.96 bits per heavy atom. The van der Waals surface area contributed by atoms with E-state index >= 15 is 0 Å². The molecule has 0 atom stereocenters. The highest BCUT2D eigenvalue weighted by Crippen LogP contribution is 2.31. The molecule has 0 aliphatic carbocycles. The fourth-order valence-electron chi connectivity index (χ4n) is 2.43. The van der Waals surface area contributed by atoms with Crippen LogP contribution in [0.4, 0.5) is 14.5 Å². The van der Waals surface area contributed by atoms with Crippen LogP contribution >= 0.6 is 0 Å². The number of rotatable bonds is 5. The molecule has 1 heterocycles. The maximum atomic E-state index is 12.7. The second-order valence-corrected chi connectivity index (χ2v) is 6.10. The van der Waals surface area contributed by atoms with E-state index in [0.29, 0.717) is 11.4 Å². The predicted octanol–water partition coefficient (Wildman–Crippen LogP) is 3.91. The number of phenolic OH excluding ortho intramolecular Hbond substituents is 1. The van der Waals surface area contributed by atoms with Crippen molar-refractivity contribution in [2.75, 3.05) is 5.32 Å². The van der Waals surface area contributed by atoms with Gasteiger partial charge >= 0.3 is 0 Å². The van der Waals surface area contributed by atoms with Crippen molar-refractivity contribution in [2.45, 2.75) is 46.6 Å². The predicted molar refractivity (Wildman–Crippen MR) is 87.5 cm³/mol. The SMILES string of the molecule is Cc1cc(O)c(C(C)C)cc1NC(=O)Cn1nc(C(F)F)cc1C. The second kappa shape index (κ2) is 6.98. The van der Waals surface area contributed by atoms with Crippen molar-refractivity contribution >= 4 is 11.6 Å². The molecule has 0 bridgehead atoms. The maximum absolute atomic E-state index is 12.7. The molecule has 0 aliphatic rings. The maximum Gasteiger partial charge on any atom is 0.282 e. The smallest absolute Gasteiger partial charge is 0.282 e. The number of benzene rings is 1. The van der Waals surface area contributed by atoms with Crippen LogP contribution in [0.5, 0.6) is 5.75 Å². The Bertz CT molecular complexity index is 755. The summed E-state index contributed by atoms with van der Waals surface area (Å²) < 4.78 is 26.6. The zero-order valence-electron chi connectivity index (χ0n) is 14.1. The molecule has 24 heavy (non-hydrogen) atoms. The summed E-state index contributed by atoms with van der Waals surface area (Å²) in [6.07, 6.45) is -2.67. The van der Waals surface area contributed by atoms with Gasteiger partial charge in [-0.2, -0.15) is 5.10 Å². The number of aromatic hydroxyl groups is 1. The molecule has 5 nitrogen and oxygen atoms in total. The van der Waals surface area contributed by atoms with Crippen molar-refractivity contribution in [3.8, 4) is 5.75 Å². The van der Waals surface area contributed by atoms with Crippen LogP contribution in [-0.4, -0.2) is 20.8 Å². The van der Waals surface area contributed by atoms with Gasteiger partial charge in [-0.05, 0) is 49.1 Å². The highest BCUT2D eigenvalue weighted by atomic mass is 19.3. The van der Waals surface area contributed by atoms with Crippen LogP contribution in [-0.2, 0) is 11.3 Å². The van der Waals surface area contributed by atoms with Crippen LogP contribution in [0.25, 0.3) is 0 Å². The first-order valence-electron chi connectivity index (χ1n) is 7.65. The number of nitrogens with one attached hydrogen (secondary N) is 1. The molecule has 0 saturated heterocycles. The number of nitrogens with zero attached hydrogens (tertiary/aromatic N) is 2. The van der Waals surface area contributed by atoms with Gasteiger partial charge in [-0.1, -0.05) is 13.8 Å². The van der Waals surface area contributed by atoms with Crippen LogP contribution in [0, 0.1) is 13.8 Å². The molecule has 1 aromatic carbocycles. The molecule has 0 spiro atoms. The largest absolute Gasteiger partial charge is 0.508 e. The van der Waals surface area contributed by atoms with E-state index in [1.807, 2.05) is 13.8 Å². The van der Waals surface area contributed by atoms with Crippen molar-refractivity contribution < 1.29 is 18.7 Å². The van der Waals surface area contributed by atoms with Gasteiger partial charge in [0.1, 0.15) is 18.0 Å². The topological polar surface area (TPSA) is 67.2 Å². The number of aromatic nitrogens is 2. The number of hydrogen-bond donors (Lipinski definition) is 2. The molecular weight excluding hydrogens is 316 g/mol. The van der Waals surface area contributed by atoms with Gasteiger partial charge in [0.2, 0.25) is 5.91 Å². The normalized spacial score (nSPS) is 11.3. The summed E-state index contributed by atoms with van der Waals surface area (Å²) in [5.41, 5.74) is 2.18. The molecule has 1 amide bonds. The molecule has 0 unspecified atom stereocenters. The van der Waals surface area contributed by atoms with Crippen LogP contribution < -0.4 is 5.32 Å². The van der Waals surface area contributed by atoms with Crippen molar-refractivity contribution in [1.82, 2.24) is 9.78 Å². The summed E-state index contributed by atoms with van der Waals surface area (Å²) >= 11 is 0. The molecule has 0 fully saturated rings. The van der Waals surface area contributed by atoms with Gasteiger partial charge in [-0.3, -0.25) is 9.48 Å². The molecule has 0 radical (unpaired) electrons. The van der Waals surface area contributed by atoms with E-state index < -0.39 is 6.43 Å². The zero-order valence-corrected chi connectivity index (χ0v) is 14.1. The van der Waals surface area contributed by atoms with Crippen molar-refractivity contribution in [3.63, 3.8) is 0 Å². The number of carbonyl (C=O) groups excluding carboxylic acids is 1. The van der Waals surface area contributed by atoms with E-state index in [2.05, 4.69) is 10.4 Å². The third-order valence-electron chi connectivity index (χ3n) is 3.79.